The van der Waals surface area contributed by atoms with E-state index in [-0.39, 0.29) is 17.2 Å². The van der Waals surface area contributed by atoms with Gasteiger partial charge in [0.05, 0.1) is 17.5 Å². The van der Waals surface area contributed by atoms with Gasteiger partial charge in [-0.25, -0.2) is 8.42 Å². The highest BCUT2D eigenvalue weighted by atomic mass is 32.2. The second-order valence-corrected chi connectivity index (χ2v) is 9.65. The molecule has 0 radical (unpaired) electrons. The molecule has 164 valence electrons. The van der Waals surface area contributed by atoms with Crippen LogP contribution >= 0.6 is 0 Å². The Kier molecular flexibility index (Phi) is 6.35. The molecular formula is C22H26N4O4S. The molecule has 0 spiro atoms. The molecule has 0 aliphatic carbocycles. The Labute approximate surface area is 181 Å². The molecule has 0 atom stereocenters. The lowest BCUT2D eigenvalue weighted by molar-refractivity contribution is -0.114. The lowest BCUT2D eigenvalue weighted by Crippen LogP contribution is -2.18. The highest BCUT2D eigenvalue weighted by molar-refractivity contribution is 7.92. The number of nitrogens with zero attached hydrogens (tertiary/aromatic N) is 1. The highest BCUT2D eigenvalue weighted by Crippen LogP contribution is 2.25. The van der Waals surface area contributed by atoms with Crippen molar-refractivity contribution < 1.29 is 18.0 Å². The van der Waals surface area contributed by atoms with Gasteiger partial charge in [-0.3, -0.25) is 14.3 Å². The Hall–Kier alpha value is -3.33. The summed E-state index contributed by atoms with van der Waals surface area (Å²) in [7, 11) is -3.60. The van der Waals surface area contributed by atoms with Crippen LogP contribution in [0.4, 0.5) is 17.1 Å². The van der Waals surface area contributed by atoms with Gasteiger partial charge in [-0.1, -0.05) is 13.8 Å². The number of aromatic nitrogens is 1. The van der Waals surface area contributed by atoms with Crippen LogP contribution in [0.1, 0.15) is 31.1 Å². The molecule has 3 rings (SSSR count). The van der Waals surface area contributed by atoms with Gasteiger partial charge in [0, 0.05) is 41.9 Å². The van der Waals surface area contributed by atoms with Crippen molar-refractivity contribution in [1.29, 1.82) is 0 Å². The van der Waals surface area contributed by atoms with E-state index in [1.807, 2.05) is 24.4 Å². The highest BCUT2D eigenvalue weighted by Gasteiger charge is 2.16. The molecule has 9 heteroatoms. The molecule has 2 aromatic carbocycles. The average Bonchev–Trinajstić information content (AvgIpc) is 3.02. The molecule has 3 aromatic rings. The van der Waals surface area contributed by atoms with Crippen molar-refractivity contribution in [3.05, 3.63) is 54.2 Å². The summed E-state index contributed by atoms with van der Waals surface area (Å²) in [5.41, 5.74) is 2.25. The summed E-state index contributed by atoms with van der Waals surface area (Å²) in [6.07, 6.45) is 3.02. The van der Waals surface area contributed by atoms with Gasteiger partial charge in [0.25, 0.3) is 5.91 Å². The molecule has 0 aliphatic heterocycles. The minimum atomic E-state index is -3.60. The quantitative estimate of drug-likeness (QED) is 0.516. The lowest BCUT2D eigenvalue weighted by atomic mass is 10.1. The number of benzene rings is 2. The molecule has 1 heterocycles. The van der Waals surface area contributed by atoms with Crippen molar-refractivity contribution >= 4 is 49.8 Å². The van der Waals surface area contributed by atoms with Gasteiger partial charge in [-0.2, -0.15) is 0 Å². The molecule has 0 aliphatic rings. The van der Waals surface area contributed by atoms with Crippen LogP contribution in [-0.2, 0) is 21.4 Å². The van der Waals surface area contributed by atoms with E-state index < -0.39 is 15.9 Å². The van der Waals surface area contributed by atoms with E-state index in [0.717, 1.165) is 23.7 Å². The first-order valence-electron chi connectivity index (χ1n) is 9.81. The minimum absolute atomic E-state index is 0.0918. The Morgan fingerprint density at radius 3 is 2.32 bits per heavy atom. The fourth-order valence-electron chi connectivity index (χ4n) is 3.33. The van der Waals surface area contributed by atoms with Gasteiger partial charge in [-0.05, 0) is 48.4 Å². The molecule has 8 nitrogen and oxygen atoms in total. The summed E-state index contributed by atoms with van der Waals surface area (Å²) >= 11 is 0. The van der Waals surface area contributed by atoms with Crippen molar-refractivity contribution in [1.82, 2.24) is 4.57 Å². The van der Waals surface area contributed by atoms with Crippen LogP contribution in [0.15, 0.2) is 48.7 Å². The summed E-state index contributed by atoms with van der Waals surface area (Å²) in [6, 6.07) is 12.0. The Balaban J connectivity index is 1.91. The van der Waals surface area contributed by atoms with Crippen LogP contribution in [0, 0.1) is 5.92 Å². The number of carbonyl (C=O) groups excluding carboxylic acids is 2. The molecular weight excluding hydrogens is 416 g/mol. The third kappa shape index (κ3) is 5.85. The zero-order valence-corrected chi connectivity index (χ0v) is 18.7. The maximum Gasteiger partial charge on any atom is 0.257 e. The zero-order chi connectivity index (χ0) is 22.8. The van der Waals surface area contributed by atoms with E-state index in [0.29, 0.717) is 17.3 Å². The molecule has 0 bridgehead atoms. The number of hydrogen-bond donors (Lipinski definition) is 3. The lowest BCUT2D eigenvalue weighted by Gasteiger charge is -2.14. The number of carbonyl (C=O) groups is 2. The van der Waals surface area contributed by atoms with Crippen LogP contribution in [-0.4, -0.2) is 31.1 Å². The van der Waals surface area contributed by atoms with E-state index >= 15 is 0 Å². The monoisotopic (exact) mass is 442 g/mol. The first kappa shape index (κ1) is 22.4. The van der Waals surface area contributed by atoms with E-state index in [2.05, 4.69) is 33.8 Å². The van der Waals surface area contributed by atoms with Gasteiger partial charge >= 0.3 is 0 Å². The number of fused-ring (bicyclic) bond motifs is 1. The molecule has 2 amide bonds. The first-order valence-corrected chi connectivity index (χ1v) is 11.7. The fourth-order valence-corrected chi connectivity index (χ4v) is 3.91. The number of anilines is 3. The van der Waals surface area contributed by atoms with Crippen LogP contribution in [0.25, 0.3) is 10.9 Å². The number of sulfonamides is 1. The van der Waals surface area contributed by atoms with E-state index in [4.69, 9.17) is 0 Å². The SMILES string of the molecule is CC(=O)Nc1ccc(NS(C)(=O)=O)c(C(=O)Nc2ccc3c(ccn3CC(C)C)c2)c1. The predicted octanol–water partition coefficient (Wildman–Crippen LogP) is 3.88. The average molecular weight is 443 g/mol. The van der Waals surface area contributed by atoms with E-state index in [1.165, 1.54) is 25.1 Å². The summed E-state index contributed by atoms with van der Waals surface area (Å²) in [6.45, 7) is 6.55. The number of nitrogens with one attached hydrogen (secondary N) is 3. The fraction of sp³-hybridized carbons (Fsp3) is 0.273. The molecule has 0 saturated heterocycles. The summed E-state index contributed by atoms with van der Waals surface area (Å²) < 4.78 is 27.9. The van der Waals surface area contributed by atoms with Gasteiger partial charge in [-0.15, -0.1) is 0 Å². The maximum absolute atomic E-state index is 13.0. The first-order chi connectivity index (χ1) is 14.5. The van der Waals surface area contributed by atoms with Crippen molar-refractivity contribution in [2.45, 2.75) is 27.3 Å². The zero-order valence-electron chi connectivity index (χ0n) is 17.9. The largest absolute Gasteiger partial charge is 0.347 e. The van der Waals surface area contributed by atoms with E-state index in [9.17, 15) is 18.0 Å². The van der Waals surface area contributed by atoms with Crippen LogP contribution in [0.5, 0.6) is 0 Å². The number of hydrogen-bond acceptors (Lipinski definition) is 4. The standard InChI is InChI=1S/C22H26N4O4S/c1-14(2)13-26-10-9-16-11-17(6-8-21(16)26)24-22(28)19-12-18(23-15(3)27)5-7-20(19)25-31(4,29)30/h5-12,14,25H,13H2,1-4H3,(H,23,27)(H,24,28). The molecule has 0 unspecified atom stereocenters. The van der Waals surface area contributed by atoms with Gasteiger partial charge < -0.3 is 15.2 Å². The van der Waals surface area contributed by atoms with Gasteiger partial charge in [0.15, 0.2) is 0 Å². The summed E-state index contributed by atoms with van der Waals surface area (Å²) in [5.74, 6) is -0.294. The predicted molar refractivity (Wildman–Crippen MR) is 124 cm³/mol. The van der Waals surface area contributed by atoms with Crippen LogP contribution in [0.2, 0.25) is 0 Å². The number of rotatable bonds is 7. The van der Waals surface area contributed by atoms with Crippen molar-refractivity contribution in [3.8, 4) is 0 Å². The van der Waals surface area contributed by atoms with E-state index in [1.54, 1.807) is 6.07 Å². The molecule has 3 N–H and O–H groups in total. The topological polar surface area (TPSA) is 109 Å². The third-order valence-corrected chi connectivity index (χ3v) is 5.06. The van der Waals surface area contributed by atoms with Crippen molar-refractivity contribution in [2.24, 2.45) is 5.92 Å². The molecule has 0 fully saturated rings. The molecule has 31 heavy (non-hydrogen) atoms. The molecule has 0 saturated carbocycles. The Morgan fingerprint density at radius 1 is 1.00 bits per heavy atom. The second-order valence-electron chi connectivity index (χ2n) is 7.91. The van der Waals surface area contributed by atoms with Crippen LogP contribution in [0.3, 0.4) is 0 Å². The van der Waals surface area contributed by atoms with Crippen LogP contribution < -0.4 is 15.4 Å². The summed E-state index contributed by atoms with van der Waals surface area (Å²) in [5, 5.41) is 6.39. The maximum atomic E-state index is 13.0. The number of amides is 2. The Bertz CT molecular complexity index is 1250. The third-order valence-electron chi connectivity index (χ3n) is 4.47. The van der Waals surface area contributed by atoms with Crippen molar-refractivity contribution in [3.63, 3.8) is 0 Å². The normalized spacial score (nSPS) is 11.5. The smallest absolute Gasteiger partial charge is 0.257 e. The summed E-state index contributed by atoms with van der Waals surface area (Å²) in [4.78, 5) is 24.3. The van der Waals surface area contributed by atoms with Gasteiger partial charge in [0.2, 0.25) is 15.9 Å². The van der Waals surface area contributed by atoms with Crippen molar-refractivity contribution in [2.75, 3.05) is 21.6 Å². The molecule has 1 aromatic heterocycles. The Morgan fingerprint density at radius 2 is 1.68 bits per heavy atom. The second kappa shape index (κ2) is 8.81. The minimum Gasteiger partial charge on any atom is -0.347 e. The van der Waals surface area contributed by atoms with Gasteiger partial charge in [0.1, 0.15) is 0 Å².